The van der Waals surface area contributed by atoms with Gasteiger partial charge in [-0.1, -0.05) is 0 Å². The lowest BCUT2D eigenvalue weighted by Gasteiger charge is -2.38. The molecule has 0 unspecified atom stereocenters. The van der Waals surface area contributed by atoms with Crippen molar-refractivity contribution in [3.8, 4) is 0 Å². The maximum atomic E-state index is 11.3. The second-order valence-electron chi connectivity index (χ2n) is 4.83. The van der Waals surface area contributed by atoms with Crippen molar-refractivity contribution in [3.63, 3.8) is 0 Å². The van der Waals surface area contributed by atoms with Crippen molar-refractivity contribution >= 4 is 5.91 Å². The topological polar surface area (TPSA) is 52.6 Å². The molecule has 0 rings (SSSR count). The minimum absolute atomic E-state index is 0.00215. The molecule has 0 atom stereocenters. The molecule has 2 N–H and O–H groups in total. The molecule has 0 fully saturated rings. The van der Waals surface area contributed by atoms with Crippen LogP contribution in [0.4, 0.5) is 0 Å². The Labute approximate surface area is 86.3 Å². The standard InChI is InChI=1S/C10H22N2O2/c1-9(2,10(3,4)14)11-7-8(13)12(5)6/h11,14H,7H2,1-6H3. The van der Waals surface area contributed by atoms with Crippen molar-refractivity contribution in [2.24, 2.45) is 0 Å². The maximum absolute atomic E-state index is 11.3. The van der Waals surface area contributed by atoms with E-state index in [4.69, 9.17) is 0 Å². The van der Waals surface area contributed by atoms with E-state index in [0.29, 0.717) is 0 Å². The number of hydrogen-bond acceptors (Lipinski definition) is 3. The number of carbonyl (C=O) groups is 1. The van der Waals surface area contributed by atoms with Crippen LogP contribution in [0.25, 0.3) is 0 Å². The lowest BCUT2D eigenvalue weighted by molar-refractivity contribution is -0.128. The third kappa shape index (κ3) is 3.64. The monoisotopic (exact) mass is 202 g/mol. The lowest BCUT2D eigenvalue weighted by atomic mass is 9.86. The van der Waals surface area contributed by atoms with Crippen LogP contribution in [0.5, 0.6) is 0 Å². The van der Waals surface area contributed by atoms with Gasteiger partial charge < -0.3 is 15.3 Å². The van der Waals surface area contributed by atoms with Gasteiger partial charge in [-0.3, -0.25) is 4.79 Å². The van der Waals surface area contributed by atoms with Crippen LogP contribution >= 0.6 is 0 Å². The Morgan fingerprint density at radius 1 is 1.29 bits per heavy atom. The Balaban J connectivity index is 4.20. The zero-order valence-electron chi connectivity index (χ0n) is 10.0. The summed E-state index contributed by atoms with van der Waals surface area (Å²) in [6.07, 6.45) is 0. The quantitative estimate of drug-likeness (QED) is 0.685. The fourth-order valence-electron chi connectivity index (χ4n) is 0.671. The van der Waals surface area contributed by atoms with Gasteiger partial charge in [-0.15, -0.1) is 0 Å². The van der Waals surface area contributed by atoms with Gasteiger partial charge in [0.1, 0.15) is 0 Å². The van der Waals surface area contributed by atoms with E-state index in [2.05, 4.69) is 5.32 Å². The van der Waals surface area contributed by atoms with Crippen LogP contribution in [0.3, 0.4) is 0 Å². The Hall–Kier alpha value is -0.610. The third-order valence-electron chi connectivity index (χ3n) is 2.71. The van der Waals surface area contributed by atoms with Crippen molar-refractivity contribution < 1.29 is 9.90 Å². The van der Waals surface area contributed by atoms with Crippen LogP contribution in [0.15, 0.2) is 0 Å². The lowest BCUT2D eigenvalue weighted by Crippen LogP contribution is -2.57. The van der Waals surface area contributed by atoms with Gasteiger partial charge >= 0.3 is 0 Å². The number of nitrogens with zero attached hydrogens (tertiary/aromatic N) is 1. The number of carbonyl (C=O) groups excluding carboxylic acids is 1. The molecule has 84 valence electrons. The average Bonchev–Trinajstić information content (AvgIpc) is 1.97. The summed E-state index contributed by atoms with van der Waals surface area (Å²) in [6.45, 7) is 7.43. The normalized spacial score (nSPS) is 12.8. The fourth-order valence-corrected chi connectivity index (χ4v) is 0.671. The first-order valence-electron chi connectivity index (χ1n) is 4.75. The van der Waals surface area contributed by atoms with E-state index in [1.807, 2.05) is 13.8 Å². The summed E-state index contributed by atoms with van der Waals surface area (Å²) in [5.74, 6) is 0.00215. The molecule has 1 amide bonds. The molecule has 0 aromatic heterocycles. The van der Waals surface area contributed by atoms with Crippen molar-refractivity contribution in [3.05, 3.63) is 0 Å². The van der Waals surface area contributed by atoms with E-state index in [1.54, 1.807) is 27.9 Å². The number of amides is 1. The van der Waals surface area contributed by atoms with E-state index in [1.165, 1.54) is 4.90 Å². The second-order valence-corrected chi connectivity index (χ2v) is 4.83. The van der Waals surface area contributed by atoms with Crippen molar-refractivity contribution in [1.29, 1.82) is 0 Å². The van der Waals surface area contributed by atoms with Crippen LogP contribution in [-0.4, -0.2) is 47.7 Å². The molecule has 4 nitrogen and oxygen atoms in total. The molecule has 0 aliphatic heterocycles. The van der Waals surface area contributed by atoms with Crippen molar-refractivity contribution in [2.45, 2.75) is 38.8 Å². The molecular weight excluding hydrogens is 180 g/mol. The molecule has 0 aromatic carbocycles. The molecular formula is C10H22N2O2. The SMILES string of the molecule is CN(C)C(=O)CNC(C)(C)C(C)(C)O. The predicted octanol–water partition coefficient (Wildman–Crippen LogP) is 0.214. The van der Waals surface area contributed by atoms with E-state index >= 15 is 0 Å². The highest BCUT2D eigenvalue weighted by molar-refractivity contribution is 5.77. The van der Waals surface area contributed by atoms with Gasteiger partial charge in [-0.05, 0) is 27.7 Å². The number of likely N-dealkylation sites (N-methyl/N-ethyl adjacent to an activating group) is 1. The molecule has 0 spiro atoms. The summed E-state index contributed by atoms with van der Waals surface area (Å²) in [5.41, 5.74) is -1.35. The second kappa shape index (κ2) is 4.28. The zero-order valence-corrected chi connectivity index (χ0v) is 10.0. The van der Waals surface area contributed by atoms with Crippen LogP contribution in [0.2, 0.25) is 0 Å². The van der Waals surface area contributed by atoms with Crippen LogP contribution in [-0.2, 0) is 4.79 Å². The number of hydrogen-bond donors (Lipinski definition) is 2. The van der Waals surface area contributed by atoms with Gasteiger partial charge in [0, 0.05) is 19.6 Å². The summed E-state index contributed by atoms with van der Waals surface area (Å²) in [7, 11) is 3.42. The van der Waals surface area contributed by atoms with Crippen LogP contribution in [0.1, 0.15) is 27.7 Å². The number of nitrogens with one attached hydrogen (secondary N) is 1. The van der Waals surface area contributed by atoms with E-state index < -0.39 is 11.1 Å². The molecule has 0 radical (unpaired) electrons. The predicted molar refractivity (Wildman–Crippen MR) is 57.1 cm³/mol. The van der Waals surface area contributed by atoms with E-state index in [-0.39, 0.29) is 12.5 Å². The minimum Gasteiger partial charge on any atom is -0.389 e. The highest BCUT2D eigenvalue weighted by atomic mass is 16.3. The summed E-state index contributed by atoms with van der Waals surface area (Å²) >= 11 is 0. The first kappa shape index (κ1) is 13.4. The van der Waals surface area contributed by atoms with Gasteiger partial charge in [0.2, 0.25) is 5.91 Å². The average molecular weight is 202 g/mol. The van der Waals surface area contributed by atoms with Gasteiger partial charge in [-0.25, -0.2) is 0 Å². The molecule has 4 heteroatoms. The van der Waals surface area contributed by atoms with Crippen molar-refractivity contribution in [1.82, 2.24) is 10.2 Å². The minimum atomic E-state index is -0.862. The molecule has 0 bridgehead atoms. The van der Waals surface area contributed by atoms with Gasteiger partial charge in [0.15, 0.2) is 0 Å². The smallest absolute Gasteiger partial charge is 0.236 e. The molecule has 0 saturated heterocycles. The molecule has 0 saturated carbocycles. The van der Waals surface area contributed by atoms with Gasteiger partial charge in [-0.2, -0.15) is 0 Å². The van der Waals surface area contributed by atoms with E-state index in [0.717, 1.165) is 0 Å². The van der Waals surface area contributed by atoms with E-state index in [9.17, 15) is 9.90 Å². The highest BCUT2D eigenvalue weighted by Crippen LogP contribution is 2.19. The first-order valence-corrected chi connectivity index (χ1v) is 4.75. The summed E-state index contributed by atoms with van der Waals surface area (Å²) in [6, 6.07) is 0. The van der Waals surface area contributed by atoms with Gasteiger partial charge in [0.05, 0.1) is 12.1 Å². The fraction of sp³-hybridized carbons (Fsp3) is 0.900. The third-order valence-corrected chi connectivity index (χ3v) is 2.71. The largest absolute Gasteiger partial charge is 0.389 e. The Morgan fingerprint density at radius 2 is 1.71 bits per heavy atom. The summed E-state index contributed by atoms with van der Waals surface area (Å²) in [4.78, 5) is 12.8. The molecule has 0 aliphatic carbocycles. The zero-order chi connectivity index (χ0) is 11.6. The summed E-state index contributed by atoms with van der Waals surface area (Å²) < 4.78 is 0. The number of aliphatic hydroxyl groups is 1. The molecule has 0 aliphatic rings. The van der Waals surface area contributed by atoms with Crippen LogP contribution < -0.4 is 5.32 Å². The van der Waals surface area contributed by atoms with Crippen LogP contribution in [0, 0.1) is 0 Å². The first-order chi connectivity index (χ1) is 6.08. The van der Waals surface area contributed by atoms with Gasteiger partial charge in [0.25, 0.3) is 0 Å². The molecule has 0 aromatic rings. The highest BCUT2D eigenvalue weighted by Gasteiger charge is 2.34. The Bertz CT molecular complexity index is 205. The maximum Gasteiger partial charge on any atom is 0.236 e. The Morgan fingerprint density at radius 3 is 2.00 bits per heavy atom. The molecule has 14 heavy (non-hydrogen) atoms. The number of rotatable bonds is 4. The molecule has 0 heterocycles. The summed E-state index contributed by atoms with van der Waals surface area (Å²) in [5, 5.41) is 12.8. The van der Waals surface area contributed by atoms with Crippen molar-refractivity contribution in [2.75, 3.05) is 20.6 Å². The Kier molecular flexibility index (Phi) is 4.09.